The summed E-state index contributed by atoms with van der Waals surface area (Å²) in [5.74, 6) is 0.777. The third-order valence-corrected chi connectivity index (χ3v) is 4.06. The van der Waals surface area contributed by atoms with Crippen molar-refractivity contribution in [2.24, 2.45) is 5.92 Å². The normalized spacial score (nSPS) is 17.7. The Labute approximate surface area is 131 Å². The second kappa shape index (κ2) is 6.65. The first-order valence-corrected chi connectivity index (χ1v) is 7.95. The maximum absolute atomic E-state index is 5.65. The molecule has 0 bridgehead atoms. The number of furan rings is 1. The molecule has 3 aromatic rings. The first-order valence-electron chi connectivity index (χ1n) is 7.95. The van der Waals surface area contributed by atoms with Gasteiger partial charge in [0, 0.05) is 10.8 Å². The van der Waals surface area contributed by atoms with Crippen molar-refractivity contribution in [1.82, 2.24) is 0 Å². The quantitative estimate of drug-likeness (QED) is 0.460. The molecule has 112 valence electrons. The van der Waals surface area contributed by atoms with Crippen LogP contribution in [0.2, 0.25) is 0 Å². The van der Waals surface area contributed by atoms with E-state index in [-0.39, 0.29) is 0 Å². The van der Waals surface area contributed by atoms with Gasteiger partial charge in [-0.05, 0) is 37.8 Å². The van der Waals surface area contributed by atoms with Crippen molar-refractivity contribution in [3.63, 3.8) is 0 Å². The van der Waals surface area contributed by atoms with Gasteiger partial charge in [0.2, 0.25) is 0 Å². The van der Waals surface area contributed by atoms with Gasteiger partial charge >= 0.3 is 0 Å². The number of rotatable bonds is 0. The average molecular weight is 290 g/mol. The van der Waals surface area contributed by atoms with E-state index in [9.17, 15) is 0 Å². The second-order valence-corrected chi connectivity index (χ2v) is 5.96. The van der Waals surface area contributed by atoms with Gasteiger partial charge < -0.3 is 4.42 Å². The predicted molar refractivity (Wildman–Crippen MR) is 95.0 cm³/mol. The largest absolute Gasteiger partial charge is 0.456 e. The number of hydrogen-bond acceptors (Lipinski definition) is 1. The summed E-state index contributed by atoms with van der Waals surface area (Å²) < 4.78 is 5.65. The number of allylic oxidation sites excluding steroid dienone is 4. The third-order valence-electron chi connectivity index (χ3n) is 4.06. The maximum Gasteiger partial charge on any atom is 0.135 e. The van der Waals surface area contributed by atoms with E-state index in [1.54, 1.807) is 0 Å². The molecule has 0 radical (unpaired) electrons. The smallest absolute Gasteiger partial charge is 0.135 e. The van der Waals surface area contributed by atoms with Crippen LogP contribution in [0.1, 0.15) is 26.7 Å². The zero-order chi connectivity index (χ0) is 15.4. The summed E-state index contributed by atoms with van der Waals surface area (Å²) in [4.78, 5) is 0. The Morgan fingerprint density at radius 1 is 0.909 bits per heavy atom. The Balaban J connectivity index is 0.000000142. The highest BCUT2D eigenvalue weighted by atomic mass is 16.3. The minimum absolute atomic E-state index is 0.777. The van der Waals surface area contributed by atoms with Crippen molar-refractivity contribution in [3.05, 3.63) is 72.3 Å². The lowest BCUT2D eigenvalue weighted by atomic mass is 10.1. The van der Waals surface area contributed by atoms with Gasteiger partial charge in [-0.25, -0.2) is 0 Å². The van der Waals surface area contributed by atoms with Crippen LogP contribution in [0.5, 0.6) is 0 Å². The van der Waals surface area contributed by atoms with Crippen LogP contribution < -0.4 is 0 Å². The van der Waals surface area contributed by atoms with Crippen molar-refractivity contribution >= 4 is 21.9 Å². The lowest BCUT2D eigenvalue weighted by molar-refractivity contribution is 0.662. The van der Waals surface area contributed by atoms with Gasteiger partial charge in [-0.15, -0.1) is 0 Å². The monoisotopic (exact) mass is 290 g/mol. The molecular weight excluding hydrogens is 268 g/mol. The molecule has 0 spiro atoms. The number of benzene rings is 2. The third kappa shape index (κ3) is 3.30. The van der Waals surface area contributed by atoms with E-state index in [2.05, 4.69) is 44.2 Å². The molecule has 22 heavy (non-hydrogen) atoms. The molecule has 2 aromatic carbocycles. The Bertz CT molecular complexity index is 770. The molecule has 0 N–H and O–H groups in total. The van der Waals surface area contributed by atoms with Crippen molar-refractivity contribution < 1.29 is 4.42 Å². The van der Waals surface area contributed by atoms with Crippen LogP contribution in [0.3, 0.4) is 0 Å². The van der Waals surface area contributed by atoms with E-state index in [0.717, 1.165) is 17.1 Å². The summed E-state index contributed by atoms with van der Waals surface area (Å²) in [5, 5.41) is 2.39. The molecule has 1 aliphatic carbocycles. The highest BCUT2D eigenvalue weighted by Gasteiger charge is 2.03. The Morgan fingerprint density at radius 2 is 1.50 bits per heavy atom. The minimum atomic E-state index is 0.777. The van der Waals surface area contributed by atoms with Gasteiger partial charge in [-0.2, -0.15) is 0 Å². The molecule has 1 atom stereocenters. The van der Waals surface area contributed by atoms with E-state index in [1.807, 2.05) is 36.4 Å². The molecule has 0 saturated carbocycles. The standard InChI is InChI=1S/C12H8O.C9H14/c1-3-7-11-9(5-1)10-6-2-4-8-12(10)13-11;1-8-4-3-5-9(2)7-6-8/h1-8H;4,6-7,9H,3,5H2,1-2H3. The molecule has 0 saturated heterocycles. The summed E-state index contributed by atoms with van der Waals surface area (Å²) in [6.45, 7) is 4.43. The van der Waals surface area contributed by atoms with Crippen LogP contribution in [0.4, 0.5) is 0 Å². The molecule has 4 rings (SSSR count). The molecule has 1 heterocycles. The van der Waals surface area contributed by atoms with Crippen LogP contribution in [-0.4, -0.2) is 0 Å². The Kier molecular flexibility index (Phi) is 4.43. The molecule has 1 heteroatoms. The zero-order valence-electron chi connectivity index (χ0n) is 13.3. The first-order chi connectivity index (χ1) is 10.7. The van der Waals surface area contributed by atoms with E-state index >= 15 is 0 Å². The molecule has 1 aromatic heterocycles. The van der Waals surface area contributed by atoms with E-state index in [0.29, 0.717) is 0 Å². The van der Waals surface area contributed by atoms with Crippen molar-refractivity contribution in [1.29, 1.82) is 0 Å². The van der Waals surface area contributed by atoms with Gasteiger partial charge in [0.15, 0.2) is 0 Å². The van der Waals surface area contributed by atoms with Crippen LogP contribution in [0, 0.1) is 5.92 Å². The lowest BCUT2D eigenvalue weighted by Gasteiger charge is -1.97. The van der Waals surface area contributed by atoms with Crippen LogP contribution in [-0.2, 0) is 0 Å². The van der Waals surface area contributed by atoms with Gasteiger partial charge in [-0.3, -0.25) is 0 Å². The summed E-state index contributed by atoms with van der Waals surface area (Å²) >= 11 is 0. The van der Waals surface area contributed by atoms with Gasteiger partial charge in [0.25, 0.3) is 0 Å². The molecule has 1 unspecified atom stereocenters. The second-order valence-electron chi connectivity index (χ2n) is 5.96. The summed E-state index contributed by atoms with van der Waals surface area (Å²) in [5.41, 5.74) is 3.34. The lowest BCUT2D eigenvalue weighted by Crippen LogP contribution is -1.84. The summed E-state index contributed by atoms with van der Waals surface area (Å²) in [7, 11) is 0. The number of hydrogen-bond donors (Lipinski definition) is 0. The van der Waals surface area contributed by atoms with Crippen molar-refractivity contribution in [2.45, 2.75) is 26.7 Å². The van der Waals surface area contributed by atoms with Crippen LogP contribution >= 0.6 is 0 Å². The molecule has 1 nitrogen and oxygen atoms in total. The maximum atomic E-state index is 5.65. The number of para-hydroxylation sites is 2. The van der Waals surface area contributed by atoms with Gasteiger partial charge in [0.1, 0.15) is 11.2 Å². The zero-order valence-corrected chi connectivity index (χ0v) is 13.3. The average Bonchev–Trinajstić information content (AvgIpc) is 2.81. The fourth-order valence-corrected chi connectivity index (χ4v) is 2.73. The molecule has 0 fully saturated rings. The van der Waals surface area contributed by atoms with Crippen molar-refractivity contribution in [3.8, 4) is 0 Å². The molecular formula is C21H22O. The van der Waals surface area contributed by atoms with Crippen LogP contribution in [0.25, 0.3) is 21.9 Å². The summed E-state index contributed by atoms with van der Waals surface area (Å²) in [6.07, 6.45) is 9.38. The number of fused-ring (bicyclic) bond motifs is 3. The molecule has 1 aliphatic rings. The Morgan fingerprint density at radius 3 is 2.14 bits per heavy atom. The fraction of sp³-hybridized carbons (Fsp3) is 0.238. The highest BCUT2D eigenvalue weighted by Crippen LogP contribution is 2.27. The van der Waals surface area contributed by atoms with E-state index < -0.39 is 0 Å². The van der Waals surface area contributed by atoms with Gasteiger partial charge in [-0.1, -0.05) is 67.1 Å². The van der Waals surface area contributed by atoms with Crippen LogP contribution in [0.15, 0.2) is 76.7 Å². The Hall–Kier alpha value is -2.28. The van der Waals surface area contributed by atoms with E-state index in [4.69, 9.17) is 4.42 Å². The fourth-order valence-electron chi connectivity index (χ4n) is 2.73. The first kappa shape index (κ1) is 14.6. The van der Waals surface area contributed by atoms with Crippen molar-refractivity contribution in [2.75, 3.05) is 0 Å². The summed E-state index contributed by atoms with van der Waals surface area (Å²) in [6, 6.07) is 16.2. The highest BCUT2D eigenvalue weighted by molar-refractivity contribution is 6.04. The topological polar surface area (TPSA) is 13.1 Å². The minimum Gasteiger partial charge on any atom is -0.456 e. The predicted octanol–water partition coefficient (Wildman–Crippen LogP) is 6.50. The molecule has 0 amide bonds. The van der Waals surface area contributed by atoms with Gasteiger partial charge in [0.05, 0.1) is 0 Å². The SMILES string of the molecule is CC1=CCCC(C)C=C1.c1ccc2c(c1)oc1ccccc12. The molecule has 0 aliphatic heterocycles. The van der Waals surface area contributed by atoms with E-state index in [1.165, 1.54) is 29.2 Å².